The number of carbonyl (C=O) groups is 1. The van der Waals surface area contributed by atoms with Crippen molar-refractivity contribution in [3.63, 3.8) is 0 Å². The highest BCUT2D eigenvalue weighted by atomic mass is 35.5. The zero-order valence-corrected chi connectivity index (χ0v) is 16.0. The molecule has 144 valence electrons. The number of methoxy groups -OCH3 is 1. The van der Waals surface area contributed by atoms with E-state index in [0.29, 0.717) is 18.1 Å². The molecule has 1 amide bonds. The van der Waals surface area contributed by atoms with Gasteiger partial charge in [-0.3, -0.25) is 4.79 Å². The van der Waals surface area contributed by atoms with Gasteiger partial charge in [0.25, 0.3) is 5.91 Å². The van der Waals surface area contributed by atoms with Gasteiger partial charge in [-0.15, -0.1) is 0 Å². The van der Waals surface area contributed by atoms with Gasteiger partial charge in [0.05, 0.1) is 29.6 Å². The van der Waals surface area contributed by atoms with E-state index in [1.54, 1.807) is 19.2 Å². The fourth-order valence-electron chi connectivity index (χ4n) is 2.61. The van der Waals surface area contributed by atoms with Crippen molar-refractivity contribution in [2.24, 2.45) is 0 Å². The molecule has 0 saturated heterocycles. The first-order chi connectivity index (χ1) is 13.6. The van der Waals surface area contributed by atoms with Crippen molar-refractivity contribution < 1.29 is 13.9 Å². The first kappa shape index (κ1) is 19.6. The minimum atomic E-state index is -0.672. The zero-order chi connectivity index (χ0) is 19.9. The Morgan fingerprint density at radius 3 is 2.57 bits per heavy atom. The molecule has 0 spiro atoms. The number of hydrogen-bond acceptors (Lipinski definition) is 4. The third-order valence-electron chi connectivity index (χ3n) is 4.09. The van der Waals surface area contributed by atoms with E-state index in [1.807, 2.05) is 24.3 Å². The minimum absolute atomic E-state index is 0.0577. The molecule has 0 aliphatic heterocycles. The van der Waals surface area contributed by atoms with Crippen molar-refractivity contribution in [1.29, 1.82) is 0 Å². The second-order valence-electron chi connectivity index (χ2n) is 6.01. The Morgan fingerprint density at radius 1 is 1.14 bits per heavy atom. The number of ether oxygens (including phenoxy) is 1. The molecule has 1 heterocycles. The number of nitrogens with one attached hydrogen (secondary N) is 2. The molecular formula is C21H19ClFN3O2. The quantitative estimate of drug-likeness (QED) is 0.599. The van der Waals surface area contributed by atoms with Gasteiger partial charge in [0.1, 0.15) is 17.4 Å². The van der Waals surface area contributed by atoms with Gasteiger partial charge in [0.15, 0.2) is 0 Å². The standard InChI is InChI=1S/C21H19ClFN3O2/c1-28-16-8-5-14(6-9-16)11-12-24-19-10-7-15(13-25-19)26-21(27)20-17(22)3-2-4-18(20)23/h2-10,13H,11-12H2,1H3,(H,24,25)(H,26,27). The Bertz CT molecular complexity index is 927. The first-order valence-electron chi connectivity index (χ1n) is 8.65. The molecule has 5 nitrogen and oxygen atoms in total. The molecule has 0 unspecified atom stereocenters. The van der Waals surface area contributed by atoms with E-state index in [-0.39, 0.29) is 10.6 Å². The van der Waals surface area contributed by atoms with Crippen LogP contribution in [0.3, 0.4) is 0 Å². The van der Waals surface area contributed by atoms with Gasteiger partial charge < -0.3 is 15.4 Å². The van der Waals surface area contributed by atoms with E-state index >= 15 is 0 Å². The van der Waals surface area contributed by atoms with Gasteiger partial charge >= 0.3 is 0 Å². The van der Waals surface area contributed by atoms with E-state index in [0.717, 1.165) is 12.2 Å². The summed E-state index contributed by atoms with van der Waals surface area (Å²) in [6.07, 6.45) is 2.33. The molecule has 2 N–H and O–H groups in total. The van der Waals surface area contributed by atoms with Crippen LogP contribution in [0.4, 0.5) is 15.9 Å². The zero-order valence-electron chi connectivity index (χ0n) is 15.2. The Morgan fingerprint density at radius 2 is 1.93 bits per heavy atom. The highest BCUT2D eigenvalue weighted by Crippen LogP contribution is 2.21. The monoisotopic (exact) mass is 399 g/mol. The number of pyridine rings is 1. The van der Waals surface area contributed by atoms with Crippen LogP contribution in [0, 0.1) is 5.82 Å². The summed E-state index contributed by atoms with van der Waals surface area (Å²) in [5.74, 6) is 0.211. The van der Waals surface area contributed by atoms with Crippen molar-refractivity contribution >= 4 is 29.0 Å². The van der Waals surface area contributed by atoms with Crippen molar-refractivity contribution in [2.45, 2.75) is 6.42 Å². The van der Waals surface area contributed by atoms with Crippen LogP contribution >= 0.6 is 11.6 Å². The van der Waals surface area contributed by atoms with Crippen LogP contribution in [0.5, 0.6) is 5.75 Å². The molecule has 0 saturated carbocycles. The van der Waals surface area contributed by atoms with Gasteiger partial charge in [-0.05, 0) is 48.4 Å². The van der Waals surface area contributed by atoms with Gasteiger partial charge in [-0.25, -0.2) is 9.37 Å². The number of hydrogen-bond donors (Lipinski definition) is 2. The second-order valence-corrected chi connectivity index (χ2v) is 6.41. The SMILES string of the molecule is COc1ccc(CCNc2ccc(NC(=O)c3c(F)cccc3Cl)cn2)cc1. The average molecular weight is 400 g/mol. The van der Waals surface area contributed by atoms with Crippen molar-refractivity contribution in [1.82, 2.24) is 4.98 Å². The van der Waals surface area contributed by atoms with Crippen LogP contribution in [-0.2, 0) is 6.42 Å². The smallest absolute Gasteiger partial charge is 0.260 e. The number of carbonyl (C=O) groups excluding carboxylic acids is 1. The first-order valence-corrected chi connectivity index (χ1v) is 9.03. The second kappa shape index (κ2) is 9.19. The predicted molar refractivity (Wildman–Crippen MR) is 109 cm³/mol. The lowest BCUT2D eigenvalue weighted by molar-refractivity contribution is 0.102. The molecule has 0 bridgehead atoms. The number of halogens is 2. The number of nitrogens with zero attached hydrogens (tertiary/aromatic N) is 1. The lowest BCUT2D eigenvalue weighted by Gasteiger charge is -2.09. The predicted octanol–water partition coefficient (Wildman–Crippen LogP) is 4.79. The summed E-state index contributed by atoms with van der Waals surface area (Å²) in [5, 5.41) is 5.87. The van der Waals surface area contributed by atoms with Crippen LogP contribution in [0.1, 0.15) is 15.9 Å². The number of benzene rings is 2. The molecule has 0 radical (unpaired) electrons. The van der Waals surface area contributed by atoms with Gasteiger partial charge in [0.2, 0.25) is 0 Å². The van der Waals surface area contributed by atoms with Gasteiger partial charge in [0, 0.05) is 6.54 Å². The largest absolute Gasteiger partial charge is 0.497 e. The number of aromatic nitrogens is 1. The molecule has 3 aromatic rings. The highest BCUT2D eigenvalue weighted by Gasteiger charge is 2.15. The van der Waals surface area contributed by atoms with Crippen molar-refractivity contribution in [3.05, 3.63) is 82.8 Å². The summed E-state index contributed by atoms with van der Waals surface area (Å²) in [4.78, 5) is 16.5. The molecule has 28 heavy (non-hydrogen) atoms. The minimum Gasteiger partial charge on any atom is -0.497 e. The van der Waals surface area contributed by atoms with Crippen LogP contribution < -0.4 is 15.4 Å². The summed E-state index contributed by atoms with van der Waals surface area (Å²) in [7, 11) is 1.64. The summed E-state index contributed by atoms with van der Waals surface area (Å²) in [5.41, 5.74) is 1.44. The van der Waals surface area contributed by atoms with E-state index in [2.05, 4.69) is 15.6 Å². The summed E-state index contributed by atoms with van der Waals surface area (Å²) in [6, 6.07) is 15.4. The maximum atomic E-state index is 13.8. The summed E-state index contributed by atoms with van der Waals surface area (Å²) < 4.78 is 19.0. The van der Waals surface area contributed by atoms with Crippen LogP contribution in [0.25, 0.3) is 0 Å². The fraction of sp³-hybridized carbons (Fsp3) is 0.143. The third-order valence-corrected chi connectivity index (χ3v) is 4.40. The molecule has 3 rings (SSSR count). The molecule has 0 aliphatic carbocycles. The van der Waals surface area contributed by atoms with Crippen LogP contribution in [0.2, 0.25) is 5.02 Å². The fourth-order valence-corrected chi connectivity index (χ4v) is 2.86. The lowest BCUT2D eigenvalue weighted by atomic mass is 10.1. The van der Waals surface area contributed by atoms with E-state index in [9.17, 15) is 9.18 Å². The third kappa shape index (κ3) is 4.98. The molecule has 0 atom stereocenters. The average Bonchev–Trinajstić information content (AvgIpc) is 2.70. The molecule has 0 aliphatic rings. The Balaban J connectivity index is 1.53. The molecule has 2 aromatic carbocycles. The number of anilines is 2. The summed E-state index contributed by atoms with van der Waals surface area (Å²) >= 11 is 5.91. The maximum absolute atomic E-state index is 13.8. The molecule has 7 heteroatoms. The maximum Gasteiger partial charge on any atom is 0.260 e. The highest BCUT2D eigenvalue weighted by molar-refractivity contribution is 6.34. The molecule has 0 fully saturated rings. The Labute approximate surface area is 167 Å². The van der Waals surface area contributed by atoms with Crippen molar-refractivity contribution in [3.8, 4) is 5.75 Å². The van der Waals surface area contributed by atoms with E-state index < -0.39 is 11.7 Å². The van der Waals surface area contributed by atoms with Gasteiger partial charge in [-0.2, -0.15) is 0 Å². The normalized spacial score (nSPS) is 10.4. The van der Waals surface area contributed by atoms with E-state index in [4.69, 9.17) is 16.3 Å². The van der Waals surface area contributed by atoms with Crippen LogP contribution in [0.15, 0.2) is 60.8 Å². The molecule has 1 aromatic heterocycles. The van der Waals surface area contributed by atoms with Crippen molar-refractivity contribution in [2.75, 3.05) is 24.3 Å². The van der Waals surface area contributed by atoms with Gasteiger partial charge in [-0.1, -0.05) is 29.8 Å². The Kier molecular flexibility index (Phi) is 6.45. The topological polar surface area (TPSA) is 63.2 Å². The summed E-state index contributed by atoms with van der Waals surface area (Å²) in [6.45, 7) is 0.704. The lowest BCUT2D eigenvalue weighted by Crippen LogP contribution is -2.14. The number of amides is 1. The number of rotatable bonds is 7. The Hall–Kier alpha value is -3.12. The molecular weight excluding hydrogens is 381 g/mol. The van der Waals surface area contributed by atoms with Crippen LogP contribution in [-0.4, -0.2) is 24.5 Å². The van der Waals surface area contributed by atoms with E-state index in [1.165, 1.54) is 30.0 Å².